The molecule has 8 heteroatoms. The number of rotatable bonds is 8. The Hall–Kier alpha value is -2.45. The molecule has 8 nitrogen and oxygen atoms in total. The Kier molecular flexibility index (Phi) is 7.01. The molecule has 1 unspecified atom stereocenters. The van der Waals surface area contributed by atoms with Crippen molar-refractivity contribution < 1.29 is 19.1 Å². The van der Waals surface area contributed by atoms with Crippen molar-refractivity contribution in [3.63, 3.8) is 0 Å². The maximum atomic E-state index is 13.1. The van der Waals surface area contributed by atoms with Crippen molar-refractivity contribution in [3.05, 3.63) is 35.4 Å². The number of urea groups is 1. The Balaban J connectivity index is 1.60. The van der Waals surface area contributed by atoms with E-state index < -0.39 is 17.5 Å². The normalized spacial score (nSPS) is 22.5. The fourth-order valence-corrected chi connectivity index (χ4v) is 4.12. The van der Waals surface area contributed by atoms with Crippen LogP contribution < -0.4 is 10.6 Å². The minimum atomic E-state index is -1.17. The molecule has 2 aliphatic rings. The summed E-state index contributed by atoms with van der Waals surface area (Å²) >= 11 is 0. The summed E-state index contributed by atoms with van der Waals surface area (Å²) in [6.45, 7) is 11.0. The van der Waals surface area contributed by atoms with Gasteiger partial charge in [0.2, 0.25) is 5.91 Å². The van der Waals surface area contributed by atoms with Crippen LogP contribution in [0.4, 0.5) is 4.79 Å². The van der Waals surface area contributed by atoms with Crippen molar-refractivity contribution in [3.8, 4) is 0 Å². The average molecular weight is 431 g/mol. The Labute approximate surface area is 184 Å². The lowest BCUT2D eigenvalue weighted by atomic mass is 9.91. The van der Waals surface area contributed by atoms with Crippen molar-refractivity contribution >= 4 is 17.8 Å². The number of hydrogen-bond acceptors (Lipinski definition) is 5. The van der Waals surface area contributed by atoms with Crippen LogP contribution in [-0.2, 0) is 26.3 Å². The zero-order chi connectivity index (χ0) is 22.6. The van der Waals surface area contributed by atoms with Crippen molar-refractivity contribution in [2.24, 2.45) is 0 Å². The number of carbonyl (C=O) groups is 3. The second-order valence-electron chi connectivity index (χ2n) is 9.08. The number of aryl methyl sites for hydroxylation is 1. The highest BCUT2D eigenvalue weighted by molar-refractivity contribution is 6.09. The van der Waals surface area contributed by atoms with Crippen molar-refractivity contribution in [2.75, 3.05) is 39.4 Å². The van der Waals surface area contributed by atoms with Gasteiger partial charge in [-0.1, -0.05) is 37.6 Å². The van der Waals surface area contributed by atoms with Gasteiger partial charge in [0.15, 0.2) is 0 Å². The highest BCUT2D eigenvalue weighted by Crippen LogP contribution is 2.29. The van der Waals surface area contributed by atoms with Gasteiger partial charge in [-0.2, -0.15) is 0 Å². The summed E-state index contributed by atoms with van der Waals surface area (Å²) in [6.07, 6.45) is 2.00. The molecule has 2 fully saturated rings. The maximum Gasteiger partial charge on any atom is 0.325 e. The molecule has 2 N–H and O–H groups in total. The van der Waals surface area contributed by atoms with Gasteiger partial charge >= 0.3 is 6.03 Å². The Morgan fingerprint density at radius 3 is 2.45 bits per heavy atom. The van der Waals surface area contributed by atoms with Gasteiger partial charge < -0.3 is 15.4 Å². The number of amides is 4. The Bertz CT molecular complexity index is 817. The smallest absolute Gasteiger partial charge is 0.325 e. The highest BCUT2D eigenvalue weighted by Gasteiger charge is 2.49. The van der Waals surface area contributed by atoms with Gasteiger partial charge in [0.05, 0.1) is 13.2 Å². The van der Waals surface area contributed by atoms with Crippen molar-refractivity contribution in [1.82, 2.24) is 20.4 Å². The van der Waals surface area contributed by atoms with E-state index in [9.17, 15) is 14.4 Å². The summed E-state index contributed by atoms with van der Waals surface area (Å²) in [5, 5.41) is 5.64. The summed E-state index contributed by atoms with van der Waals surface area (Å²) in [7, 11) is 0. The summed E-state index contributed by atoms with van der Waals surface area (Å²) in [6, 6.07) is 7.15. The molecule has 2 aliphatic heterocycles. The minimum absolute atomic E-state index is 0.245. The molecule has 2 saturated heterocycles. The van der Waals surface area contributed by atoms with Gasteiger partial charge in [-0.25, -0.2) is 4.79 Å². The van der Waals surface area contributed by atoms with Gasteiger partial charge in [0, 0.05) is 25.2 Å². The molecular formula is C23H34N4O4. The van der Waals surface area contributed by atoms with E-state index in [0.29, 0.717) is 25.3 Å². The largest absolute Gasteiger partial charge is 0.379 e. The molecule has 3 rings (SSSR count). The number of imide groups is 1. The third kappa shape index (κ3) is 5.07. The molecule has 1 aromatic rings. The van der Waals surface area contributed by atoms with E-state index in [-0.39, 0.29) is 18.0 Å². The SMILES string of the molecule is CCCc1ccc(C2(C)NC(=O)N(CC(=O)NCC(C)(C)N3CCOCC3)C2=O)cc1. The summed E-state index contributed by atoms with van der Waals surface area (Å²) < 4.78 is 5.39. The number of morpholine rings is 1. The molecule has 1 aromatic carbocycles. The third-order valence-electron chi connectivity index (χ3n) is 6.23. The Morgan fingerprint density at radius 1 is 1.19 bits per heavy atom. The van der Waals surface area contributed by atoms with E-state index in [1.54, 1.807) is 6.92 Å². The average Bonchev–Trinajstić information content (AvgIpc) is 2.97. The second-order valence-corrected chi connectivity index (χ2v) is 9.08. The second kappa shape index (κ2) is 9.36. The molecule has 4 amide bonds. The number of hydrogen-bond donors (Lipinski definition) is 2. The molecule has 0 spiro atoms. The van der Waals surface area contributed by atoms with Gasteiger partial charge in [0.1, 0.15) is 12.1 Å². The summed E-state index contributed by atoms with van der Waals surface area (Å²) in [5.41, 5.74) is 0.480. The van der Waals surface area contributed by atoms with E-state index in [1.807, 2.05) is 24.3 Å². The van der Waals surface area contributed by atoms with Crippen molar-refractivity contribution in [2.45, 2.75) is 51.6 Å². The van der Waals surface area contributed by atoms with Crippen LogP contribution in [0.2, 0.25) is 0 Å². The standard InChI is InChI=1S/C23H34N4O4/c1-5-6-17-7-9-18(10-8-17)23(4)20(29)27(21(30)25-23)15-19(28)24-16-22(2,3)26-11-13-31-14-12-26/h7-10H,5-6,11-16H2,1-4H3,(H,24,28)(H,25,30). The van der Waals surface area contributed by atoms with Gasteiger partial charge in [0.25, 0.3) is 5.91 Å². The molecule has 0 aliphatic carbocycles. The van der Waals surface area contributed by atoms with E-state index >= 15 is 0 Å². The van der Waals surface area contributed by atoms with Crippen LogP contribution in [-0.4, -0.2) is 72.6 Å². The van der Waals surface area contributed by atoms with Crippen LogP contribution in [0.25, 0.3) is 0 Å². The molecule has 31 heavy (non-hydrogen) atoms. The van der Waals surface area contributed by atoms with E-state index in [4.69, 9.17) is 4.74 Å². The lowest BCUT2D eigenvalue weighted by molar-refractivity contribution is -0.135. The van der Waals surface area contributed by atoms with Crippen LogP contribution in [0.1, 0.15) is 45.2 Å². The topological polar surface area (TPSA) is 91.0 Å². The molecule has 170 valence electrons. The van der Waals surface area contributed by atoms with Crippen LogP contribution in [0.15, 0.2) is 24.3 Å². The monoisotopic (exact) mass is 430 g/mol. The van der Waals surface area contributed by atoms with E-state index in [1.165, 1.54) is 5.56 Å². The first-order valence-electron chi connectivity index (χ1n) is 11.0. The number of ether oxygens (including phenoxy) is 1. The van der Waals surface area contributed by atoms with Crippen LogP contribution >= 0.6 is 0 Å². The quantitative estimate of drug-likeness (QED) is 0.612. The minimum Gasteiger partial charge on any atom is -0.379 e. The first-order valence-corrected chi connectivity index (χ1v) is 11.0. The third-order valence-corrected chi connectivity index (χ3v) is 6.23. The van der Waals surface area contributed by atoms with Crippen LogP contribution in [0.3, 0.4) is 0 Å². The summed E-state index contributed by atoms with van der Waals surface area (Å²) in [4.78, 5) is 41.4. The van der Waals surface area contributed by atoms with Gasteiger partial charge in [-0.15, -0.1) is 0 Å². The van der Waals surface area contributed by atoms with Gasteiger partial charge in [-0.05, 0) is 38.3 Å². The molecule has 1 atom stereocenters. The molecule has 0 bridgehead atoms. The fourth-order valence-electron chi connectivity index (χ4n) is 4.12. The predicted molar refractivity (Wildman–Crippen MR) is 118 cm³/mol. The number of benzene rings is 1. The molecule has 0 saturated carbocycles. The zero-order valence-electron chi connectivity index (χ0n) is 19.0. The zero-order valence-corrected chi connectivity index (χ0v) is 19.0. The van der Waals surface area contributed by atoms with Crippen molar-refractivity contribution in [1.29, 1.82) is 0 Å². The molecule has 0 aromatic heterocycles. The number of carbonyl (C=O) groups excluding carboxylic acids is 3. The first kappa shape index (κ1) is 23.2. The molecular weight excluding hydrogens is 396 g/mol. The van der Waals surface area contributed by atoms with Crippen LogP contribution in [0.5, 0.6) is 0 Å². The van der Waals surface area contributed by atoms with Gasteiger partial charge in [-0.3, -0.25) is 19.4 Å². The maximum absolute atomic E-state index is 13.1. The Morgan fingerprint density at radius 2 is 1.84 bits per heavy atom. The van der Waals surface area contributed by atoms with E-state index in [0.717, 1.165) is 30.8 Å². The lowest BCUT2D eigenvalue weighted by Gasteiger charge is -2.40. The lowest BCUT2D eigenvalue weighted by Crippen LogP contribution is -2.56. The molecule has 2 heterocycles. The van der Waals surface area contributed by atoms with Crippen LogP contribution in [0, 0.1) is 0 Å². The first-order chi connectivity index (χ1) is 14.7. The summed E-state index contributed by atoms with van der Waals surface area (Å²) in [5.74, 6) is -0.768. The van der Waals surface area contributed by atoms with E-state index in [2.05, 4.69) is 36.3 Å². The fraction of sp³-hybridized carbons (Fsp3) is 0.609. The highest BCUT2D eigenvalue weighted by atomic mass is 16.5. The molecule has 0 radical (unpaired) electrons. The number of nitrogens with zero attached hydrogens (tertiary/aromatic N) is 2. The predicted octanol–water partition coefficient (Wildman–Crippen LogP) is 1.63. The number of nitrogens with one attached hydrogen (secondary N) is 2.